The molecule has 0 heterocycles. The second kappa shape index (κ2) is 32.8. The van der Waals surface area contributed by atoms with Crippen molar-refractivity contribution in [1.82, 2.24) is 10.6 Å². The lowest BCUT2D eigenvalue weighted by atomic mass is 10.4. The summed E-state index contributed by atoms with van der Waals surface area (Å²) < 4.78 is 20.8. The molecule has 20 N–H and O–H groups in total. The molecule has 0 atom stereocenters. The molecule has 0 fully saturated rings. The molecule has 0 aliphatic heterocycles. The van der Waals surface area contributed by atoms with Gasteiger partial charge in [0.05, 0.1) is 0 Å². The molecule has 0 saturated carbocycles. The molecule has 19 heteroatoms. The van der Waals surface area contributed by atoms with Gasteiger partial charge < -0.3 is 69.1 Å². The van der Waals surface area contributed by atoms with E-state index in [-0.39, 0.29) is 27.4 Å². The summed E-state index contributed by atoms with van der Waals surface area (Å²) in [5.41, 5.74) is 10.6. The van der Waals surface area contributed by atoms with E-state index in [1.54, 1.807) is 0 Å². The van der Waals surface area contributed by atoms with Gasteiger partial charge in [0.2, 0.25) is 0 Å². The third-order valence-electron chi connectivity index (χ3n) is 2.63. The SMILES string of the molecule is NCCCNCCCSP(=O)(O)O.NCCCNCCCSP(=O)(O)O.O.O.O.O.O. The van der Waals surface area contributed by atoms with Crippen molar-refractivity contribution in [3.8, 4) is 0 Å². The highest BCUT2D eigenvalue weighted by Gasteiger charge is 2.12. The van der Waals surface area contributed by atoms with Gasteiger partial charge in [-0.3, -0.25) is 0 Å². The second-order valence-electron chi connectivity index (χ2n) is 5.14. The second-order valence-corrected chi connectivity index (χ2v) is 12.8. The van der Waals surface area contributed by atoms with Crippen LogP contribution in [0.5, 0.6) is 0 Å². The minimum Gasteiger partial charge on any atom is -0.412 e. The number of nitrogens with one attached hydrogen (secondary N) is 2. The van der Waals surface area contributed by atoms with Crippen molar-refractivity contribution < 1.29 is 56.1 Å². The third-order valence-corrected chi connectivity index (χ3v) is 7.36. The summed E-state index contributed by atoms with van der Waals surface area (Å²) in [6.07, 6.45) is 3.40. The van der Waals surface area contributed by atoms with Crippen LogP contribution in [0.4, 0.5) is 0 Å². The van der Waals surface area contributed by atoms with E-state index in [2.05, 4.69) is 10.6 Å². The van der Waals surface area contributed by atoms with Crippen molar-refractivity contribution >= 4 is 36.4 Å². The first-order valence-electron chi connectivity index (χ1n) is 8.34. The highest BCUT2D eigenvalue weighted by Crippen LogP contribution is 2.50. The highest BCUT2D eigenvalue weighted by molar-refractivity contribution is 8.54. The third kappa shape index (κ3) is 59.0. The summed E-state index contributed by atoms with van der Waals surface area (Å²) in [7, 11) is 0. The van der Waals surface area contributed by atoms with E-state index in [1.165, 1.54) is 0 Å². The van der Waals surface area contributed by atoms with Gasteiger partial charge in [0.1, 0.15) is 0 Å². The molecule has 0 unspecified atom stereocenters. The van der Waals surface area contributed by atoms with Crippen molar-refractivity contribution in [1.29, 1.82) is 0 Å². The van der Waals surface area contributed by atoms with Crippen molar-refractivity contribution in [3.63, 3.8) is 0 Å². The van der Waals surface area contributed by atoms with Gasteiger partial charge >= 0.3 is 13.6 Å². The Balaban J connectivity index is -0.0000000640. The van der Waals surface area contributed by atoms with Gasteiger partial charge in [0.15, 0.2) is 0 Å². The fraction of sp³-hybridized carbons (Fsp3) is 1.00. The normalized spacial score (nSPS) is 10.0. The first-order chi connectivity index (χ1) is 12.1. The maximum atomic E-state index is 10.4. The maximum Gasteiger partial charge on any atom is 0.383 e. The van der Waals surface area contributed by atoms with Gasteiger partial charge in [0, 0.05) is 11.5 Å². The Bertz CT molecular complexity index is 373. The van der Waals surface area contributed by atoms with E-state index in [0.717, 1.165) is 51.9 Å². The predicted molar refractivity (Wildman–Crippen MR) is 129 cm³/mol. The zero-order valence-corrected chi connectivity index (χ0v) is 20.9. The molecule has 0 saturated heterocycles. The number of hydrogen-bond acceptors (Lipinski definition) is 8. The van der Waals surface area contributed by atoms with Crippen LogP contribution in [0.25, 0.3) is 0 Å². The largest absolute Gasteiger partial charge is 0.412 e. The smallest absolute Gasteiger partial charge is 0.383 e. The average molecular weight is 547 g/mol. The molecule has 0 aliphatic carbocycles. The zero-order chi connectivity index (χ0) is 20.3. The Kier molecular flexibility index (Phi) is 51.8. The van der Waals surface area contributed by atoms with Crippen LogP contribution in [0, 0.1) is 0 Å². The minimum absolute atomic E-state index is 0. The highest BCUT2D eigenvalue weighted by atomic mass is 32.7. The first kappa shape index (κ1) is 48.9. The van der Waals surface area contributed by atoms with Crippen molar-refractivity contribution in [2.24, 2.45) is 11.5 Å². The van der Waals surface area contributed by atoms with E-state index >= 15 is 0 Å². The van der Waals surface area contributed by atoms with E-state index < -0.39 is 13.6 Å². The molecule has 0 amide bonds. The summed E-state index contributed by atoms with van der Waals surface area (Å²) in [6.45, 7) is -3.06. The zero-order valence-electron chi connectivity index (χ0n) is 17.5. The van der Waals surface area contributed by atoms with Crippen LogP contribution < -0.4 is 22.1 Å². The van der Waals surface area contributed by atoms with Crippen molar-refractivity contribution in [3.05, 3.63) is 0 Å². The van der Waals surface area contributed by atoms with E-state index in [0.29, 0.717) is 47.4 Å². The number of hydrogen-bond donors (Lipinski definition) is 8. The number of rotatable bonds is 16. The molecule has 0 radical (unpaired) electrons. The molecular weight excluding hydrogens is 502 g/mol. The molecule has 0 rings (SSSR count). The molecule has 0 aromatic heterocycles. The molecule has 0 bridgehead atoms. The van der Waals surface area contributed by atoms with Crippen molar-refractivity contribution in [2.75, 3.05) is 50.8 Å². The standard InChI is InChI=1S/2C6H17N2O3PS.5H2O/c2*7-3-1-4-8-5-2-6-13-12(9,10)11;;;;;/h2*8H,1-7H2,(H2,9,10,11);5*1H2. The van der Waals surface area contributed by atoms with Gasteiger partial charge in [-0.05, 0) is 87.7 Å². The van der Waals surface area contributed by atoms with Gasteiger partial charge in [-0.15, -0.1) is 0 Å². The monoisotopic (exact) mass is 546 g/mol. The Labute approximate surface area is 191 Å². The maximum absolute atomic E-state index is 10.4. The van der Waals surface area contributed by atoms with Crippen molar-refractivity contribution in [2.45, 2.75) is 25.7 Å². The fourth-order valence-corrected chi connectivity index (χ4v) is 4.69. The molecule has 0 aromatic rings. The van der Waals surface area contributed by atoms with E-state index in [1.807, 2.05) is 0 Å². The topological polar surface area (TPSA) is 349 Å². The molecule has 15 nitrogen and oxygen atoms in total. The first-order valence-corrected chi connectivity index (χ1v) is 14.7. The minimum atomic E-state index is -3.86. The lowest BCUT2D eigenvalue weighted by Crippen LogP contribution is -2.19. The van der Waals surface area contributed by atoms with E-state index in [4.69, 9.17) is 31.0 Å². The summed E-state index contributed by atoms with van der Waals surface area (Å²) in [5, 5.41) is 6.25. The van der Waals surface area contributed by atoms with Crippen LogP contribution in [-0.2, 0) is 9.13 Å². The Hall–Kier alpha value is 0.640. The quantitative estimate of drug-likeness (QED) is 0.0681. The fourth-order valence-electron chi connectivity index (χ4n) is 1.47. The Morgan fingerprint density at radius 1 is 0.581 bits per heavy atom. The summed E-state index contributed by atoms with van der Waals surface area (Å²) in [4.78, 5) is 34.0. The predicted octanol–water partition coefficient (Wildman–Crippen LogP) is -3.84. The van der Waals surface area contributed by atoms with Gasteiger partial charge in [0.25, 0.3) is 0 Å². The summed E-state index contributed by atoms with van der Waals surface area (Å²) in [5.74, 6) is 0.972. The lowest BCUT2D eigenvalue weighted by molar-refractivity contribution is 0.394. The molecular formula is C12H44N4O11P2S2. The Morgan fingerprint density at radius 3 is 1.06 bits per heavy atom. The number of nitrogens with two attached hydrogens (primary N) is 2. The van der Waals surface area contributed by atoms with Crippen LogP contribution in [0.1, 0.15) is 25.7 Å². The van der Waals surface area contributed by atoms with Crippen LogP contribution in [0.3, 0.4) is 0 Å². The summed E-state index contributed by atoms with van der Waals surface area (Å²) in [6, 6.07) is 0. The van der Waals surface area contributed by atoms with Crippen LogP contribution in [-0.4, -0.2) is 97.7 Å². The molecule has 0 aliphatic rings. The van der Waals surface area contributed by atoms with Crippen LogP contribution >= 0.6 is 36.4 Å². The van der Waals surface area contributed by atoms with Gasteiger partial charge in [-0.25, -0.2) is 9.13 Å². The average Bonchev–Trinajstić information content (AvgIpc) is 2.52. The molecule has 0 spiro atoms. The van der Waals surface area contributed by atoms with Crippen LogP contribution in [0.15, 0.2) is 0 Å². The van der Waals surface area contributed by atoms with Crippen LogP contribution in [0.2, 0.25) is 0 Å². The molecule has 0 aromatic carbocycles. The molecule has 31 heavy (non-hydrogen) atoms. The lowest BCUT2D eigenvalue weighted by Gasteiger charge is -2.04. The van der Waals surface area contributed by atoms with Gasteiger partial charge in [-0.2, -0.15) is 0 Å². The molecule has 200 valence electrons. The summed E-state index contributed by atoms with van der Waals surface area (Å²) >= 11 is 1.40. The van der Waals surface area contributed by atoms with Gasteiger partial charge in [-0.1, -0.05) is 0 Å². The Morgan fingerprint density at radius 2 is 0.839 bits per heavy atom. The van der Waals surface area contributed by atoms with E-state index in [9.17, 15) is 9.13 Å².